The number of thiazole rings is 1. The molecule has 0 aliphatic carbocycles. The topological polar surface area (TPSA) is 55.3 Å². The van der Waals surface area contributed by atoms with Crippen LogP contribution in [0.15, 0.2) is 24.5 Å². The van der Waals surface area contributed by atoms with E-state index in [2.05, 4.69) is 9.97 Å². The predicted molar refractivity (Wildman–Crippen MR) is 107 cm³/mol. The van der Waals surface area contributed by atoms with Gasteiger partial charge in [0.25, 0.3) is 0 Å². The van der Waals surface area contributed by atoms with Crippen molar-refractivity contribution in [1.82, 2.24) is 9.97 Å². The van der Waals surface area contributed by atoms with Crippen LogP contribution in [-0.4, -0.2) is 28.7 Å². The normalized spacial score (nSPS) is 9.96. The number of aromatic nitrogens is 2. The van der Waals surface area contributed by atoms with Crippen molar-refractivity contribution >= 4 is 22.4 Å². The highest BCUT2D eigenvalue weighted by molar-refractivity contribution is 7.19. The Balaban J connectivity index is 0.00000134. The van der Waals surface area contributed by atoms with Gasteiger partial charge >= 0.3 is 6.09 Å². The van der Waals surface area contributed by atoms with Crippen LogP contribution in [-0.2, 0) is 4.74 Å². The number of carbonyl (C=O) groups excluding carboxylic acids is 1. The third-order valence-electron chi connectivity index (χ3n) is 2.65. The average molecular weight is 366 g/mol. The summed E-state index contributed by atoms with van der Waals surface area (Å²) in [6, 6.07) is 3.81. The summed E-state index contributed by atoms with van der Waals surface area (Å²) in [7, 11) is 1.70. The largest absolute Gasteiger partial charge is 0.443 e. The molecule has 0 radical (unpaired) electrons. The van der Waals surface area contributed by atoms with E-state index in [1.165, 1.54) is 16.2 Å². The average Bonchev–Trinajstić information content (AvgIpc) is 2.99. The monoisotopic (exact) mass is 365 g/mol. The lowest BCUT2D eigenvalue weighted by Crippen LogP contribution is -2.34. The van der Waals surface area contributed by atoms with Gasteiger partial charge in [-0.3, -0.25) is 9.88 Å². The zero-order valence-corrected chi connectivity index (χ0v) is 17.7. The van der Waals surface area contributed by atoms with Crippen LogP contribution in [0.4, 0.5) is 9.80 Å². The molecule has 2 heterocycles. The van der Waals surface area contributed by atoms with Crippen molar-refractivity contribution in [2.75, 3.05) is 11.9 Å². The number of hydrogen-bond donors (Lipinski definition) is 0. The summed E-state index contributed by atoms with van der Waals surface area (Å²) in [5.41, 5.74) is 1.22. The van der Waals surface area contributed by atoms with Crippen LogP contribution in [0.1, 0.15) is 54.2 Å². The molecular formula is C19H31N3O2S. The van der Waals surface area contributed by atoms with E-state index in [4.69, 9.17) is 4.74 Å². The van der Waals surface area contributed by atoms with Gasteiger partial charge in [-0.1, -0.05) is 39.0 Å². The Kier molecular flexibility index (Phi) is 9.98. The highest BCUT2D eigenvalue weighted by Gasteiger charge is 2.23. The highest BCUT2D eigenvalue weighted by atomic mass is 32.1. The lowest BCUT2D eigenvalue weighted by Gasteiger charge is -2.23. The number of aryl methyl sites for hydroxylation is 1. The summed E-state index contributed by atoms with van der Waals surface area (Å²) in [6.45, 7) is 15.4. The van der Waals surface area contributed by atoms with Gasteiger partial charge in [0.2, 0.25) is 0 Å². The van der Waals surface area contributed by atoms with Gasteiger partial charge in [0, 0.05) is 25.0 Å². The number of amides is 1. The van der Waals surface area contributed by atoms with Crippen LogP contribution in [0.3, 0.4) is 0 Å². The molecular weight excluding hydrogens is 334 g/mol. The summed E-state index contributed by atoms with van der Waals surface area (Å²) in [4.78, 5) is 22.2. The Bertz CT molecular complexity index is 634. The summed E-state index contributed by atoms with van der Waals surface area (Å²) in [6.07, 6.45) is 3.10. The van der Waals surface area contributed by atoms with E-state index in [1.54, 1.807) is 19.4 Å². The van der Waals surface area contributed by atoms with Crippen molar-refractivity contribution in [2.45, 2.75) is 61.0 Å². The number of ether oxygens (including phenoxy) is 1. The highest BCUT2D eigenvalue weighted by Crippen LogP contribution is 2.34. The van der Waals surface area contributed by atoms with Crippen LogP contribution >= 0.6 is 11.3 Å². The molecule has 6 heteroatoms. The molecule has 25 heavy (non-hydrogen) atoms. The molecule has 0 unspecified atom stereocenters. The van der Waals surface area contributed by atoms with E-state index >= 15 is 0 Å². The molecule has 5 nitrogen and oxygen atoms in total. The van der Waals surface area contributed by atoms with Crippen LogP contribution in [0, 0.1) is 6.92 Å². The number of anilines is 1. The summed E-state index contributed by atoms with van der Waals surface area (Å²) in [5.74, 6) is 0. The van der Waals surface area contributed by atoms with Crippen molar-refractivity contribution in [1.29, 1.82) is 0 Å². The minimum Gasteiger partial charge on any atom is -0.443 e. The first-order valence-electron chi connectivity index (χ1n) is 8.62. The van der Waals surface area contributed by atoms with E-state index in [-0.39, 0.29) is 6.09 Å². The molecule has 0 aliphatic rings. The fourth-order valence-electron chi connectivity index (χ4n) is 1.73. The zero-order valence-electron chi connectivity index (χ0n) is 16.9. The van der Waals surface area contributed by atoms with Crippen molar-refractivity contribution in [3.63, 3.8) is 0 Å². The number of hydrogen-bond acceptors (Lipinski definition) is 5. The number of rotatable bonds is 2. The lowest BCUT2D eigenvalue weighted by molar-refractivity contribution is 0.0590. The predicted octanol–water partition coefficient (Wildman–Crippen LogP) is 5.94. The number of carbonyl (C=O) groups is 1. The van der Waals surface area contributed by atoms with Gasteiger partial charge in [-0.15, -0.1) is 0 Å². The molecule has 2 aromatic rings. The molecule has 0 saturated carbocycles. The second-order valence-electron chi connectivity index (χ2n) is 5.69. The minimum atomic E-state index is -0.518. The Morgan fingerprint density at radius 1 is 1.20 bits per heavy atom. The zero-order chi connectivity index (χ0) is 19.6. The quantitative estimate of drug-likeness (QED) is 0.661. The van der Waals surface area contributed by atoms with Crippen LogP contribution in [0.5, 0.6) is 0 Å². The summed E-state index contributed by atoms with van der Waals surface area (Å²) in [5, 5.41) is 1.62. The van der Waals surface area contributed by atoms with Crippen molar-refractivity contribution < 1.29 is 9.53 Å². The molecule has 0 aliphatic heterocycles. The van der Waals surface area contributed by atoms with E-state index in [0.29, 0.717) is 0 Å². The molecule has 0 bridgehead atoms. The number of nitrogens with zero attached hydrogens (tertiary/aromatic N) is 3. The molecule has 0 atom stereocenters. The molecule has 2 aromatic heterocycles. The van der Waals surface area contributed by atoms with Gasteiger partial charge in [-0.2, -0.15) is 0 Å². The molecule has 0 saturated heterocycles. The first kappa shape index (κ1) is 23.1. The Morgan fingerprint density at radius 3 is 2.28 bits per heavy atom. The van der Waals surface area contributed by atoms with E-state index in [0.717, 1.165) is 21.3 Å². The van der Waals surface area contributed by atoms with Crippen molar-refractivity contribution in [2.24, 2.45) is 0 Å². The van der Waals surface area contributed by atoms with Crippen molar-refractivity contribution in [3.05, 3.63) is 30.2 Å². The van der Waals surface area contributed by atoms with E-state index < -0.39 is 5.60 Å². The van der Waals surface area contributed by atoms with Crippen LogP contribution < -0.4 is 4.90 Å². The third-order valence-corrected chi connectivity index (χ3v) is 3.94. The fraction of sp³-hybridized carbons (Fsp3) is 0.526. The molecule has 1 amide bonds. The second kappa shape index (κ2) is 10.8. The van der Waals surface area contributed by atoms with E-state index in [1.807, 2.05) is 67.5 Å². The van der Waals surface area contributed by atoms with E-state index in [9.17, 15) is 4.79 Å². The molecule has 2 rings (SSSR count). The Morgan fingerprint density at radius 2 is 1.80 bits per heavy atom. The van der Waals surface area contributed by atoms with Gasteiger partial charge in [-0.05, 0) is 39.8 Å². The van der Waals surface area contributed by atoms with Crippen LogP contribution in [0.25, 0.3) is 10.6 Å². The Hall–Kier alpha value is -1.95. The summed E-state index contributed by atoms with van der Waals surface area (Å²) < 4.78 is 5.38. The smallest absolute Gasteiger partial charge is 0.415 e. The molecule has 0 fully saturated rings. The summed E-state index contributed by atoms with van der Waals surface area (Å²) >= 11 is 1.45. The Labute approximate surface area is 156 Å². The van der Waals surface area contributed by atoms with Gasteiger partial charge in [0.15, 0.2) is 0 Å². The maximum atomic E-state index is 12.1. The molecule has 140 valence electrons. The number of pyridine rings is 1. The van der Waals surface area contributed by atoms with Crippen LogP contribution in [0.2, 0.25) is 0 Å². The van der Waals surface area contributed by atoms with Gasteiger partial charge in [0.1, 0.15) is 15.6 Å². The van der Waals surface area contributed by atoms with Gasteiger partial charge in [0.05, 0.1) is 5.69 Å². The molecule has 0 N–H and O–H groups in total. The third kappa shape index (κ3) is 7.22. The first-order chi connectivity index (χ1) is 11.8. The van der Waals surface area contributed by atoms with Gasteiger partial charge < -0.3 is 4.74 Å². The maximum absolute atomic E-state index is 12.1. The molecule has 0 spiro atoms. The van der Waals surface area contributed by atoms with Gasteiger partial charge in [-0.25, -0.2) is 9.78 Å². The molecule has 0 aromatic carbocycles. The SMILES string of the molecule is CC.CC.Cc1nc(-c2cccnc2)sc1N(C)C(=O)OC(C)(C)C. The second-order valence-corrected chi connectivity index (χ2v) is 6.67. The lowest BCUT2D eigenvalue weighted by atomic mass is 10.2. The maximum Gasteiger partial charge on any atom is 0.415 e. The standard InChI is InChI=1S/C15H19N3O2S.2C2H6/c1-10-13(18(5)14(19)20-15(2,3)4)21-12(17-10)11-7-6-8-16-9-11;2*1-2/h6-9H,1-5H3;2*1-2H3. The minimum absolute atomic E-state index is 0.382. The fourth-order valence-corrected chi connectivity index (χ4v) is 2.73. The van der Waals surface area contributed by atoms with Crippen molar-refractivity contribution in [3.8, 4) is 10.6 Å². The first-order valence-corrected chi connectivity index (χ1v) is 9.44.